The molecule has 2 atom stereocenters. The summed E-state index contributed by atoms with van der Waals surface area (Å²) in [7, 11) is -7.08. The van der Waals surface area contributed by atoms with Gasteiger partial charge in [-0.05, 0) is 35.6 Å². The number of nitrogens with two attached hydrogens (primary N) is 1. The van der Waals surface area contributed by atoms with Crippen LogP contribution in [0.4, 0.5) is 0 Å². The Hall–Kier alpha value is -2.34. The molecule has 2 aliphatic rings. The summed E-state index contributed by atoms with van der Waals surface area (Å²) in [5.74, 6) is -1.07. The fourth-order valence-electron chi connectivity index (χ4n) is 4.44. The van der Waals surface area contributed by atoms with Gasteiger partial charge in [0, 0.05) is 38.9 Å². The third-order valence-corrected chi connectivity index (χ3v) is 9.67. The standard InChI is InChI=1S/C22H28N4O5S2/c23-14-17-6-7-24-21(12-17)33(30,31)26-15-19(18-4-2-1-3-5-18)13-20(16-26)22(27)25-8-10-32(28,29)11-9-25/h1-7,12,19-20H,8-11,13-16,23H2. The first-order chi connectivity index (χ1) is 15.7. The minimum atomic E-state index is -3.95. The second-order valence-corrected chi connectivity index (χ2v) is 12.7. The third kappa shape index (κ3) is 5.26. The second kappa shape index (κ2) is 9.49. The number of nitrogens with zero attached hydrogens (tertiary/aromatic N) is 3. The van der Waals surface area contributed by atoms with Gasteiger partial charge in [-0.1, -0.05) is 30.3 Å². The van der Waals surface area contributed by atoms with Gasteiger partial charge in [-0.2, -0.15) is 4.31 Å². The van der Waals surface area contributed by atoms with Gasteiger partial charge in [-0.15, -0.1) is 0 Å². The Morgan fingerprint density at radius 2 is 1.79 bits per heavy atom. The molecular weight excluding hydrogens is 464 g/mol. The molecule has 0 spiro atoms. The summed E-state index contributed by atoms with van der Waals surface area (Å²) in [6.07, 6.45) is 1.92. The van der Waals surface area contributed by atoms with E-state index in [0.717, 1.165) is 5.56 Å². The van der Waals surface area contributed by atoms with Crippen LogP contribution < -0.4 is 5.73 Å². The lowest BCUT2D eigenvalue weighted by Gasteiger charge is -2.39. The summed E-state index contributed by atoms with van der Waals surface area (Å²) >= 11 is 0. The summed E-state index contributed by atoms with van der Waals surface area (Å²) in [5, 5.41) is -0.0885. The molecule has 11 heteroatoms. The Kier molecular flexibility index (Phi) is 6.85. The van der Waals surface area contributed by atoms with Crippen molar-refractivity contribution in [3.63, 3.8) is 0 Å². The lowest BCUT2D eigenvalue weighted by molar-refractivity contribution is -0.136. The maximum Gasteiger partial charge on any atom is 0.260 e. The average Bonchev–Trinajstić information content (AvgIpc) is 2.84. The van der Waals surface area contributed by atoms with Crippen LogP contribution in [0.5, 0.6) is 0 Å². The summed E-state index contributed by atoms with van der Waals surface area (Å²) in [6.45, 7) is 0.735. The maximum atomic E-state index is 13.5. The highest BCUT2D eigenvalue weighted by Gasteiger charge is 2.40. The van der Waals surface area contributed by atoms with Gasteiger partial charge in [-0.3, -0.25) is 4.79 Å². The van der Waals surface area contributed by atoms with Crippen LogP contribution in [0.15, 0.2) is 53.7 Å². The fraction of sp³-hybridized carbons (Fsp3) is 0.455. The average molecular weight is 493 g/mol. The molecule has 0 saturated carbocycles. The molecule has 2 aliphatic heterocycles. The van der Waals surface area contributed by atoms with Crippen LogP contribution in [0, 0.1) is 5.92 Å². The topological polar surface area (TPSA) is 131 Å². The molecule has 178 valence electrons. The quantitative estimate of drug-likeness (QED) is 0.646. The SMILES string of the molecule is NCc1ccnc(S(=O)(=O)N2CC(C(=O)N3CCS(=O)(=O)CC3)CC(c3ccccc3)C2)c1. The highest BCUT2D eigenvalue weighted by atomic mass is 32.2. The van der Waals surface area contributed by atoms with Crippen molar-refractivity contribution in [3.05, 3.63) is 59.8 Å². The van der Waals surface area contributed by atoms with Crippen LogP contribution >= 0.6 is 0 Å². The van der Waals surface area contributed by atoms with Crippen molar-refractivity contribution in [1.82, 2.24) is 14.2 Å². The maximum absolute atomic E-state index is 13.5. The lowest BCUT2D eigenvalue weighted by Crippen LogP contribution is -2.52. The highest BCUT2D eigenvalue weighted by molar-refractivity contribution is 7.91. The normalized spacial score (nSPS) is 23.8. The summed E-state index contributed by atoms with van der Waals surface area (Å²) < 4.78 is 51.9. The Labute approximate surface area is 194 Å². The van der Waals surface area contributed by atoms with Gasteiger partial charge >= 0.3 is 0 Å². The first-order valence-corrected chi connectivity index (χ1v) is 14.1. The van der Waals surface area contributed by atoms with E-state index in [-0.39, 0.29) is 61.1 Å². The zero-order chi connectivity index (χ0) is 23.6. The largest absolute Gasteiger partial charge is 0.340 e. The minimum Gasteiger partial charge on any atom is -0.340 e. The molecule has 1 aromatic carbocycles. The number of aromatic nitrogens is 1. The number of rotatable bonds is 5. The molecule has 1 amide bonds. The molecule has 0 bridgehead atoms. The van der Waals surface area contributed by atoms with E-state index in [1.54, 1.807) is 11.0 Å². The van der Waals surface area contributed by atoms with Gasteiger partial charge in [0.2, 0.25) is 5.91 Å². The molecule has 3 heterocycles. The van der Waals surface area contributed by atoms with E-state index < -0.39 is 25.8 Å². The van der Waals surface area contributed by atoms with E-state index in [1.165, 1.54) is 16.6 Å². The third-order valence-electron chi connectivity index (χ3n) is 6.33. The Morgan fingerprint density at radius 1 is 1.09 bits per heavy atom. The number of benzene rings is 1. The van der Waals surface area contributed by atoms with Gasteiger partial charge in [0.25, 0.3) is 10.0 Å². The monoisotopic (exact) mass is 492 g/mol. The van der Waals surface area contributed by atoms with Crippen molar-refractivity contribution in [2.24, 2.45) is 11.7 Å². The highest BCUT2D eigenvalue weighted by Crippen LogP contribution is 2.34. The Bertz CT molecular complexity index is 1200. The number of sulfonamides is 1. The Morgan fingerprint density at radius 3 is 2.45 bits per heavy atom. The van der Waals surface area contributed by atoms with E-state index in [9.17, 15) is 21.6 Å². The minimum absolute atomic E-state index is 0.0300. The molecule has 2 aromatic rings. The van der Waals surface area contributed by atoms with Crippen molar-refractivity contribution < 1.29 is 21.6 Å². The van der Waals surface area contributed by atoms with Gasteiger partial charge in [0.05, 0.1) is 17.4 Å². The van der Waals surface area contributed by atoms with Gasteiger partial charge < -0.3 is 10.6 Å². The predicted molar refractivity (Wildman–Crippen MR) is 123 cm³/mol. The van der Waals surface area contributed by atoms with Crippen molar-refractivity contribution in [3.8, 4) is 0 Å². The summed E-state index contributed by atoms with van der Waals surface area (Å²) in [4.78, 5) is 18.9. The smallest absolute Gasteiger partial charge is 0.260 e. The van der Waals surface area contributed by atoms with E-state index in [0.29, 0.717) is 12.0 Å². The molecule has 4 rings (SSSR count). The number of pyridine rings is 1. The summed E-state index contributed by atoms with van der Waals surface area (Å²) in [5.41, 5.74) is 7.29. The van der Waals surface area contributed by atoms with E-state index >= 15 is 0 Å². The predicted octanol–water partition coefficient (Wildman–Crippen LogP) is 0.592. The van der Waals surface area contributed by atoms with Crippen LogP contribution in [0.2, 0.25) is 0 Å². The molecule has 0 aliphatic carbocycles. The van der Waals surface area contributed by atoms with E-state index in [4.69, 9.17) is 5.73 Å². The number of piperidine rings is 1. The molecule has 0 radical (unpaired) electrons. The Balaban J connectivity index is 1.63. The van der Waals surface area contributed by atoms with Crippen LogP contribution in [0.25, 0.3) is 0 Å². The molecule has 2 fully saturated rings. The fourth-order valence-corrected chi connectivity index (χ4v) is 7.15. The van der Waals surface area contributed by atoms with Gasteiger partial charge in [0.15, 0.2) is 14.9 Å². The molecule has 1 aromatic heterocycles. The number of carbonyl (C=O) groups excluding carboxylic acids is 1. The number of amides is 1. The van der Waals surface area contributed by atoms with Crippen LogP contribution in [-0.2, 0) is 31.2 Å². The summed E-state index contributed by atoms with van der Waals surface area (Å²) in [6, 6.07) is 12.7. The first-order valence-electron chi connectivity index (χ1n) is 10.9. The molecular formula is C22H28N4O5S2. The van der Waals surface area contributed by atoms with Crippen LogP contribution in [0.3, 0.4) is 0 Å². The van der Waals surface area contributed by atoms with Crippen molar-refractivity contribution in [2.75, 3.05) is 37.7 Å². The van der Waals surface area contributed by atoms with Crippen LogP contribution in [-0.4, -0.2) is 74.6 Å². The molecule has 9 nitrogen and oxygen atoms in total. The van der Waals surface area contributed by atoms with Crippen molar-refractivity contribution in [2.45, 2.75) is 23.9 Å². The zero-order valence-corrected chi connectivity index (χ0v) is 19.8. The molecule has 33 heavy (non-hydrogen) atoms. The zero-order valence-electron chi connectivity index (χ0n) is 18.2. The van der Waals surface area contributed by atoms with E-state index in [2.05, 4.69) is 4.98 Å². The number of hydrogen-bond acceptors (Lipinski definition) is 7. The molecule has 2 saturated heterocycles. The number of sulfone groups is 1. The molecule has 2 N–H and O–H groups in total. The van der Waals surface area contributed by atoms with Crippen molar-refractivity contribution in [1.29, 1.82) is 0 Å². The second-order valence-electron chi connectivity index (χ2n) is 8.55. The van der Waals surface area contributed by atoms with Crippen LogP contribution in [0.1, 0.15) is 23.5 Å². The number of carbonyl (C=O) groups is 1. The van der Waals surface area contributed by atoms with Gasteiger partial charge in [0.1, 0.15) is 0 Å². The molecule has 2 unspecified atom stereocenters. The lowest BCUT2D eigenvalue weighted by atomic mass is 9.85. The number of hydrogen-bond donors (Lipinski definition) is 1. The van der Waals surface area contributed by atoms with E-state index in [1.807, 2.05) is 30.3 Å². The first kappa shape index (κ1) is 23.8. The van der Waals surface area contributed by atoms with Crippen molar-refractivity contribution >= 4 is 25.8 Å². The van der Waals surface area contributed by atoms with Gasteiger partial charge in [-0.25, -0.2) is 21.8 Å².